The van der Waals surface area contributed by atoms with Crippen LogP contribution in [0, 0.1) is 5.82 Å². The minimum Gasteiger partial charge on any atom is -0.425 e. The molecule has 0 unspecified atom stereocenters. The zero-order valence-electron chi connectivity index (χ0n) is 17.8. The van der Waals surface area contributed by atoms with Gasteiger partial charge in [-0.2, -0.15) is 13.2 Å². The van der Waals surface area contributed by atoms with E-state index in [4.69, 9.17) is 4.42 Å². The van der Waals surface area contributed by atoms with Crippen molar-refractivity contribution in [2.75, 3.05) is 0 Å². The molecule has 1 aromatic carbocycles. The number of aromatic nitrogens is 5. The van der Waals surface area contributed by atoms with Gasteiger partial charge in [0, 0.05) is 37.5 Å². The summed E-state index contributed by atoms with van der Waals surface area (Å²) in [4.78, 5) is 20.1. The number of aryl methyl sites for hydroxylation is 2. The van der Waals surface area contributed by atoms with Gasteiger partial charge in [-0.1, -0.05) is 0 Å². The molecule has 34 heavy (non-hydrogen) atoms. The Kier molecular flexibility index (Phi) is 5.62. The number of nitrogens with zero attached hydrogens (tertiary/aromatic N) is 5. The fraction of sp³-hybridized carbons (Fsp3) is 0.348. The number of fused-ring (bicyclic) bond motifs is 1. The standard InChI is InChI=1S/C23H19F4N5O2/c24-18-10-16-14(9-17(18)20-28-11-15(12-29-20)23(25,26)27)6-8-32(22(16)33)7-2-1-3-19-30-31-21(34-19)13-4-5-13/h6,8-13H,1-5,7H2. The van der Waals surface area contributed by atoms with Gasteiger partial charge in [0.15, 0.2) is 5.82 Å². The molecule has 1 aliphatic rings. The molecule has 0 spiro atoms. The van der Waals surface area contributed by atoms with E-state index in [9.17, 15) is 22.4 Å². The fourth-order valence-electron chi connectivity index (χ4n) is 3.69. The first kappa shape index (κ1) is 22.2. The highest BCUT2D eigenvalue weighted by atomic mass is 19.4. The monoisotopic (exact) mass is 473 g/mol. The Hall–Kier alpha value is -3.63. The molecule has 4 aromatic rings. The van der Waals surface area contributed by atoms with Crippen LogP contribution < -0.4 is 5.56 Å². The van der Waals surface area contributed by atoms with E-state index in [-0.39, 0.29) is 22.3 Å². The van der Waals surface area contributed by atoms with Crippen LogP contribution >= 0.6 is 0 Å². The average Bonchev–Trinajstić information content (AvgIpc) is 3.56. The van der Waals surface area contributed by atoms with E-state index >= 15 is 0 Å². The van der Waals surface area contributed by atoms with Gasteiger partial charge >= 0.3 is 6.18 Å². The van der Waals surface area contributed by atoms with Crippen molar-refractivity contribution in [1.82, 2.24) is 24.7 Å². The molecule has 0 bridgehead atoms. The Labute approximate surface area is 190 Å². The Morgan fingerprint density at radius 1 is 1.09 bits per heavy atom. The second-order valence-corrected chi connectivity index (χ2v) is 8.29. The van der Waals surface area contributed by atoms with Crippen LogP contribution in [0.1, 0.15) is 48.9 Å². The van der Waals surface area contributed by atoms with Gasteiger partial charge in [0.25, 0.3) is 5.56 Å². The summed E-state index contributed by atoms with van der Waals surface area (Å²) in [6, 6.07) is 4.10. The summed E-state index contributed by atoms with van der Waals surface area (Å²) in [5, 5.41) is 8.71. The lowest BCUT2D eigenvalue weighted by Crippen LogP contribution is -2.19. The van der Waals surface area contributed by atoms with Crippen molar-refractivity contribution in [3.05, 3.63) is 70.3 Å². The number of benzene rings is 1. The molecule has 1 saturated carbocycles. The molecular weight excluding hydrogens is 454 g/mol. The van der Waals surface area contributed by atoms with Crippen LogP contribution in [0.3, 0.4) is 0 Å². The van der Waals surface area contributed by atoms with E-state index < -0.39 is 17.6 Å². The smallest absolute Gasteiger partial charge is 0.419 e. The summed E-state index contributed by atoms with van der Waals surface area (Å²) in [5.74, 6) is 0.716. The minimum absolute atomic E-state index is 0.0801. The molecule has 3 heterocycles. The molecule has 0 aliphatic heterocycles. The molecule has 7 nitrogen and oxygen atoms in total. The molecule has 0 saturated heterocycles. The van der Waals surface area contributed by atoms with Crippen LogP contribution in [0.25, 0.3) is 22.2 Å². The van der Waals surface area contributed by atoms with Crippen molar-refractivity contribution in [1.29, 1.82) is 0 Å². The molecule has 1 aliphatic carbocycles. The topological polar surface area (TPSA) is 86.7 Å². The molecule has 5 rings (SSSR count). The largest absolute Gasteiger partial charge is 0.425 e. The van der Waals surface area contributed by atoms with Crippen LogP contribution in [-0.2, 0) is 19.1 Å². The number of alkyl halides is 3. The second-order valence-electron chi connectivity index (χ2n) is 8.29. The van der Waals surface area contributed by atoms with E-state index in [0.717, 1.165) is 25.3 Å². The summed E-state index contributed by atoms with van der Waals surface area (Å²) in [7, 11) is 0. The zero-order valence-corrected chi connectivity index (χ0v) is 17.8. The first-order valence-corrected chi connectivity index (χ1v) is 10.8. The Morgan fingerprint density at radius 2 is 1.85 bits per heavy atom. The number of hydrogen-bond acceptors (Lipinski definition) is 6. The summed E-state index contributed by atoms with van der Waals surface area (Å²) < 4.78 is 60.0. The van der Waals surface area contributed by atoms with Crippen molar-refractivity contribution in [3.8, 4) is 11.4 Å². The van der Waals surface area contributed by atoms with E-state index in [0.29, 0.717) is 54.9 Å². The molecule has 3 aromatic heterocycles. The first-order chi connectivity index (χ1) is 16.3. The quantitative estimate of drug-likeness (QED) is 0.280. The van der Waals surface area contributed by atoms with Crippen LogP contribution in [0.2, 0.25) is 0 Å². The summed E-state index contributed by atoms with van der Waals surface area (Å²) in [5.41, 5.74) is -1.46. The molecular formula is C23H19F4N5O2. The lowest BCUT2D eigenvalue weighted by molar-refractivity contribution is -0.138. The third-order valence-corrected chi connectivity index (χ3v) is 5.73. The summed E-state index contributed by atoms with van der Waals surface area (Å²) in [6.07, 6.45) is 2.46. The van der Waals surface area contributed by atoms with Crippen molar-refractivity contribution in [3.63, 3.8) is 0 Å². The minimum atomic E-state index is -4.59. The molecule has 11 heteroatoms. The van der Waals surface area contributed by atoms with E-state index in [1.54, 1.807) is 12.3 Å². The van der Waals surface area contributed by atoms with E-state index in [1.807, 2.05) is 0 Å². The van der Waals surface area contributed by atoms with E-state index in [1.165, 1.54) is 10.6 Å². The summed E-state index contributed by atoms with van der Waals surface area (Å²) >= 11 is 0. The Morgan fingerprint density at radius 3 is 2.56 bits per heavy atom. The Bertz CT molecular complexity index is 1390. The van der Waals surface area contributed by atoms with Crippen LogP contribution in [0.15, 0.2) is 46.0 Å². The number of hydrogen-bond donors (Lipinski definition) is 0. The number of pyridine rings is 1. The van der Waals surface area contributed by atoms with Crippen LogP contribution in [-0.4, -0.2) is 24.7 Å². The molecule has 0 radical (unpaired) electrons. The third-order valence-electron chi connectivity index (χ3n) is 5.73. The normalized spacial score (nSPS) is 14.1. The van der Waals surface area contributed by atoms with Gasteiger partial charge in [0.1, 0.15) is 5.82 Å². The maximum atomic E-state index is 14.7. The molecule has 176 valence electrons. The zero-order chi connectivity index (χ0) is 23.9. The molecule has 1 fully saturated rings. The maximum absolute atomic E-state index is 14.7. The lowest BCUT2D eigenvalue weighted by Gasteiger charge is -2.10. The molecule has 0 atom stereocenters. The van der Waals surface area contributed by atoms with Gasteiger partial charge in [-0.25, -0.2) is 14.4 Å². The predicted octanol–water partition coefficient (Wildman–Crippen LogP) is 4.90. The molecule has 0 N–H and O–H groups in total. The number of rotatable bonds is 7. The lowest BCUT2D eigenvalue weighted by atomic mass is 10.1. The van der Waals surface area contributed by atoms with Crippen molar-refractivity contribution in [2.45, 2.75) is 50.7 Å². The fourth-order valence-corrected chi connectivity index (χ4v) is 3.69. The predicted molar refractivity (Wildman–Crippen MR) is 113 cm³/mol. The molecule has 0 amide bonds. The summed E-state index contributed by atoms with van der Waals surface area (Å²) in [6.45, 7) is 0.434. The highest BCUT2D eigenvalue weighted by Crippen LogP contribution is 2.39. The third kappa shape index (κ3) is 4.55. The van der Waals surface area contributed by atoms with Crippen LogP contribution in [0.4, 0.5) is 17.6 Å². The van der Waals surface area contributed by atoms with Crippen molar-refractivity contribution >= 4 is 10.8 Å². The van der Waals surface area contributed by atoms with Gasteiger partial charge in [-0.15, -0.1) is 10.2 Å². The van der Waals surface area contributed by atoms with Gasteiger partial charge in [-0.05, 0) is 49.3 Å². The van der Waals surface area contributed by atoms with Crippen LogP contribution in [0.5, 0.6) is 0 Å². The average molecular weight is 473 g/mol. The highest BCUT2D eigenvalue weighted by Gasteiger charge is 2.31. The first-order valence-electron chi connectivity index (χ1n) is 10.8. The van der Waals surface area contributed by atoms with Crippen molar-refractivity contribution in [2.24, 2.45) is 0 Å². The van der Waals surface area contributed by atoms with Gasteiger partial charge in [-0.3, -0.25) is 4.79 Å². The van der Waals surface area contributed by atoms with E-state index in [2.05, 4.69) is 20.2 Å². The van der Waals surface area contributed by atoms with Gasteiger partial charge in [0.05, 0.1) is 16.5 Å². The number of halogens is 4. The van der Waals surface area contributed by atoms with Crippen molar-refractivity contribution < 1.29 is 22.0 Å². The van der Waals surface area contributed by atoms with Gasteiger partial charge < -0.3 is 8.98 Å². The SMILES string of the molecule is O=c1c2cc(F)c(-c3ncc(C(F)(F)F)cn3)cc2ccn1CCCCc1nnc(C2CC2)o1. The Balaban J connectivity index is 1.29. The number of unbranched alkanes of at least 4 members (excludes halogenated alkanes) is 1. The van der Waals surface area contributed by atoms with Gasteiger partial charge in [0.2, 0.25) is 11.8 Å². The second kappa shape index (κ2) is 8.62. The maximum Gasteiger partial charge on any atom is 0.419 e. The highest BCUT2D eigenvalue weighted by molar-refractivity contribution is 5.85.